The minimum Gasteiger partial charge on any atom is -0.323 e. The summed E-state index contributed by atoms with van der Waals surface area (Å²) in [4.78, 5) is 13.5. The van der Waals surface area contributed by atoms with Gasteiger partial charge in [-0.05, 0) is 84.3 Å². The molecule has 0 saturated heterocycles. The molecule has 1 aromatic carbocycles. The molecule has 122 valence electrons. The van der Waals surface area contributed by atoms with E-state index in [2.05, 4.69) is 39.3 Å². The van der Waals surface area contributed by atoms with Crippen molar-refractivity contribution in [2.24, 2.45) is 0 Å². The number of nitriles is 1. The summed E-state index contributed by atoms with van der Waals surface area (Å²) in [5, 5.41) is 16.0. The first-order valence-electron chi connectivity index (χ1n) is 7.42. The van der Waals surface area contributed by atoms with Crippen LogP contribution in [0.2, 0.25) is 0 Å². The summed E-state index contributed by atoms with van der Waals surface area (Å²) >= 11 is 8.99. The Labute approximate surface area is 163 Å². The fourth-order valence-electron chi connectivity index (χ4n) is 2.65. The van der Waals surface area contributed by atoms with Crippen molar-refractivity contribution < 1.29 is 4.79 Å². The number of fused-ring (bicyclic) bond motifs is 1. The number of anilines is 1. The average molecular weight is 467 g/mol. The van der Waals surface area contributed by atoms with E-state index in [1.165, 1.54) is 4.88 Å². The Hall–Kier alpha value is -1.50. The van der Waals surface area contributed by atoms with Crippen LogP contribution in [0.5, 0.6) is 0 Å². The second-order valence-electron chi connectivity index (χ2n) is 5.55. The number of hydrogen-bond donors (Lipinski definition) is 2. The van der Waals surface area contributed by atoms with Crippen LogP contribution in [0.25, 0.3) is 0 Å². The Balaban J connectivity index is 1.71. The third-order valence-electron chi connectivity index (χ3n) is 3.92. The SMILES string of the molecule is Cc1ccc(C(=O)NC(=S)Nc2sc3c(c2C#N)CCC3)cc1I. The van der Waals surface area contributed by atoms with E-state index in [9.17, 15) is 10.1 Å². The zero-order chi connectivity index (χ0) is 17.3. The van der Waals surface area contributed by atoms with Crippen molar-refractivity contribution in [3.05, 3.63) is 48.9 Å². The van der Waals surface area contributed by atoms with Gasteiger partial charge in [-0.15, -0.1) is 11.3 Å². The molecule has 0 bridgehead atoms. The number of nitrogens with one attached hydrogen (secondary N) is 2. The van der Waals surface area contributed by atoms with Crippen LogP contribution in [0.1, 0.15) is 38.3 Å². The second-order valence-corrected chi connectivity index (χ2v) is 8.22. The number of nitrogens with zero attached hydrogens (tertiary/aromatic N) is 1. The zero-order valence-electron chi connectivity index (χ0n) is 12.9. The Morgan fingerprint density at radius 2 is 2.21 bits per heavy atom. The molecule has 0 atom stereocenters. The van der Waals surface area contributed by atoms with Crippen LogP contribution >= 0.6 is 46.1 Å². The monoisotopic (exact) mass is 467 g/mol. The molecule has 1 aliphatic rings. The molecule has 3 rings (SSSR count). The van der Waals surface area contributed by atoms with Gasteiger partial charge in [0.15, 0.2) is 5.11 Å². The largest absolute Gasteiger partial charge is 0.323 e. The quantitative estimate of drug-likeness (QED) is 0.515. The van der Waals surface area contributed by atoms with Gasteiger partial charge >= 0.3 is 0 Å². The first kappa shape index (κ1) is 17.3. The van der Waals surface area contributed by atoms with Crippen molar-refractivity contribution in [3.8, 4) is 6.07 Å². The van der Waals surface area contributed by atoms with Crippen LogP contribution in [-0.2, 0) is 12.8 Å². The molecule has 2 aromatic rings. The topological polar surface area (TPSA) is 64.9 Å². The van der Waals surface area contributed by atoms with E-state index in [-0.39, 0.29) is 11.0 Å². The normalized spacial score (nSPS) is 12.4. The molecule has 7 heteroatoms. The Morgan fingerprint density at radius 1 is 1.42 bits per heavy atom. The zero-order valence-corrected chi connectivity index (χ0v) is 16.7. The van der Waals surface area contributed by atoms with Crippen molar-refractivity contribution in [3.63, 3.8) is 0 Å². The van der Waals surface area contributed by atoms with E-state index < -0.39 is 0 Å². The number of benzene rings is 1. The van der Waals surface area contributed by atoms with E-state index in [1.54, 1.807) is 17.4 Å². The highest BCUT2D eigenvalue weighted by atomic mass is 127. The van der Waals surface area contributed by atoms with Crippen LogP contribution in [-0.4, -0.2) is 11.0 Å². The summed E-state index contributed by atoms with van der Waals surface area (Å²) in [7, 11) is 0. The molecule has 0 radical (unpaired) electrons. The minimum absolute atomic E-state index is 0.215. The number of aryl methyl sites for hydroxylation is 2. The highest BCUT2D eigenvalue weighted by Crippen LogP contribution is 2.38. The van der Waals surface area contributed by atoms with Crippen LogP contribution < -0.4 is 10.6 Å². The van der Waals surface area contributed by atoms with Gasteiger partial charge in [-0.25, -0.2) is 0 Å². The first-order chi connectivity index (χ1) is 11.5. The smallest absolute Gasteiger partial charge is 0.257 e. The summed E-state index contributed by atoms with van der Waals surface area (Å²) in [6.07, 6.45) is 3.05. The number of carbonyl (C=O) groups excluding carboxylic acids is 1. The molecule has 1 aliphatic carbocycles. The molecule has 0 aliphatic heterocycles. The lowest BCUT2D eigenvalue weighted by Crippen LogP contribution is -2.34. The molecule has 24 heavy (non-hydrogen) atoms. The number of carbonyl (C=O) groups is 1. The molecular weight excluding hydrogens is 453 g/mol. The molecule has 1 heterocycles. The second kappa shape index (κ2) is 7.17. The standard InChI is InChI=1S/C17H14IN3OS2/c1-9-5-6-10(7-13(9)18)15(22)20-17(23)21-16-12(8-19)11-3-2-4-14(11)24-16/h5-7H,2-4H2,1H3,(H2,20,21,22,23). The number of hydrogen-bond acceptors (Lipinski definition) is 4. The Bertz CT molecular complexity index is 883. The number of rotatable bonds is 2. The van der Waals surface area contributed by atoms with Crippen LogP contribution in [0, 0.1) is 21.8 Å². The predicted molar refractivity (Wildman–Crippen MR) is 109 cm³/mol. The summed E-state index contributed by atoms with van der Waals surface area (Å²) < 4.78 is 1.03. The van der Waals surface area contributed by atoms with Gasteiger partial charge in [0, 0.05) is 14.0 Å². The van der Waals surface area contributed by atoms with E-state index in [1.807, 2.05) is 19.1 Å². The van der Waals surface area contributed by atoms with Gasteiger partial charge in [-0.3, -0.25) is 10.1 Å². The lowest BCUT2D eigenvalue weighted by molar-refractivity contribution is 0.0977. The molecule has 0 spiro atoms. The molecule has 1 amide bonds. The van der Waals surface area contributed by atoms with Crippen LogP contribution in [0.4, 0.5) is 5.00 Å². The number of halogens is 1. The average Bonchev–Trinajstić information content (AvgIpc) is 3.10. The van der Waals surface area contributed by atoms with E-state index in [0.717, 1.165) is 39.0 Å². The summed E-state index contributed by atoms with van der Waals surface area (Å²) in [5.74, 6) is -0.256. The van der Waals surface area contributed by atoms with E-state index in [0.29, 0.717) is 11.1 Å². The van der Waals surface area contributed by atoms with Gasteiger partial charge in [0.25, 0.3) is 5.91 Å². The number of thiocarbonyl (C=S) groups is 1. The van der Waals surface area contributed by atoms with E-state index >= 15 is 0 Å². The maximum absolute atomic E-state index is 12.3. The summed E-state index contributed by atoms with van der Waals surface area (Å²) in [6.45, 7) is 2.00. The number of amides is 1. The number of thiophene rings is 1. The van der Waals surface area contributed by atoms with Crippen LogP contribution in [0.3, 0.4) is 0 Å². The van der Waals surface area contributed by atoms with Gasteiger partial charge in [0.2, 0.25) is 0 Å². The fraction of sp³-hybridized carbons (Fsp3) is 0.235. The molecule has 2 N–H and O–H groups in total. The fourth-order valence-corrected chi connectivity index (χ4v) is 4.67. The third kappa shape index (κ3) is 3.45. The molecule has 4 nitrogen and oxygen atoms in total. The molecule has 0 unspecified atom stereocenters. The summed E-state index contributed by atoms with van der Waals surface area (Å²) in [5.41, 5.74) is 3.48. The van der Waals surface area contributed by atoms with Crippen molar-refractivity contribution in [2.45, 2.75) is 26.2 Å². The first-order valence-corrected chi connectivity index (χ1v) is 9.73. The lowest BCUT2D eigenvalue weighted by Gasteiger charge is -2.09. The van der Waals surface area contributed by atoms with Gasteiger partial charge in [0.05, 0.1) is 5.56 Å². The molecular formula is C17H14IN3OS2. The molecule has 0 saturated carbocycles. The third-order valence-corrected chi connectivity index (χ3v) is 6.49. The van der Waals surface area contributed by atoms with E-state index in [4.69, 9.17) is 12.2 Å². The van der Waals surface area contributed by atoms with Gasteiger partial charge in [-0.2, -0.15) is 5.26 Å². The Kier molecular flexibility index (Phi) is 5.18. The predicted octanol–water partition coefficient (Wildman–Crippen LogP) is 4.15. The minimum atomic E-state index is -0.256. The van der Waals surface area contributed by atoms with Crippen molar-refractivity contribution in [2.75, 3.05) is 5.32 Å². The molecule has 1 aromatic heterocycles. The van der Waals surface area contributed by atoms with Gasteiger partial charge in [0.1, 0.15) is 11.1 Å². The van der Waals surface area contributed by atoms with Crippen molar-refractivity contribution >= 4 is 62.2 Å². The highest BCUT2D eigenvalue weighted by molar-refractivity contribution is 14.1. The van der Waals surface area contributed by atoms with Crippen molar-refractivity contribution in [1.29, 1.82) is 5.26 Å². The van der Waals surface area contributed by atoms with Gasteiger partial charge in [-0.1, -0.05) is 6.07 Å². The highest BCUT2D eigenvalue weighted by Gasteiger charge is 2.22. The maximum atomic E-state index is 12.3. The van der Waals surface area contributed by atoms with Gasteiger partial charge < -0.3 is 5.32 Å². The molecule has 0 fully saturated rings. The van der Waals surface area contributed by atoms with Crippen molar-refractivity contribution in [1.82, 2.24) is 5.32 Å². The Morgan fingerprint density at radius 3 is 2.92 bits per heavy atom. The summed E-state index contributed by atoms with van der Waals surface area (Å²) in [6, 6.07) is 7.76. The lowest BCUT2D eigenvalue weighted by atomic mass is 10.1. The maximum Gasteiger partial charge on any atom is 0.257 e. The van der Waals surface area contributed by atoms with Crippen LogP contribution in [0.15, 0.2) is 18.2 Å².